The Morgan fingerprint density at radius 3 is 2.92 bits per heavy atom. The van der Waals surface area contributed by atoms with E-state index in [-0.39, 0.29) is 0 Å². The van der Waals surface area contributed by atoms with Crippen molar-refractivity contribution in [1.82, 2.24) is 5.32 Å². The Morgan fingerprint density at radius 1 is 1.69 bits per heavy atom. The summed E-state index contributed by atoms with van der Waals surface area (Å²) in [6.45, 7) is 2.11. The molecule has 1 atom stereocenters. The summed E-state index contributed by atoms with van der Waals surface area (Å²) in [6, 6.07) is -0.493. The lowest BCUT2D eigenvalue weighted by molar-refractivity contribution is -0.137. The summed E-state index contributed by atoms with van der Waals surface area (Å²) in [6.07, 6.45) is 0.960. The number of carboxylic acids is 1. The van der Waals surface area contributed by atoms with Crippen molar-refractivity contribution in [2.24, 2.45) is 10.9 Å². The van der Waals surface area contributed by atoms with E-state index < -0.39 is 12.0 Å². The minimum atomic E-state index is -0.797. The molecule has 4 nitrogen and oxygen atoms in total. The number of carboxylic acid groups (broad SMARTS) is 1. The molecule has 0 spiro atoms. The van der Waals surface area contributed by atoms with Crippen LogP contribution in [0.3, 0.4) is 0 Å². The number of hydrogen-bond acceptors (Lipinski definition) is 4. The van der Waals surface area contributed by atoms with Crippen LogP contribution >= 0.6 is 11.8 Å². The van der Waals surface area contributed by atoms with Gasteiger partial charge in [0.25, 0.3) is 0 Å². The van der Waals surface area contributed by atoms with Gasteiger partial charge in [-0.3, -0.25) is 4.99 Å². The topological polar surface area (TPSA) is 61.7 Å². The number of aliphatic imine (C=N–C) groups is 1. The zero-order valence-electron chi connectivity index (χ0n) is 7.19. The van der Waals surface area contributed by atoms with Gasteiger partial charge in [-0.25, -0.2) is 4.79 Å². The average Bonchev–Trinajstić information content (AvgIpc) is 2.44. The molecule has 0 aliphatic carbocycles. The van der Waals surface area contributed by atoms with Gasteiger partial charge in [0.1, 0.15) is 0 Å². The van der Waals surface area contributed by atoms with Crippen LogP contribution in [0.5, 0.6) is 0 Å². The lowest BCUT2D eigenvalue weighted by Crippen LogP contribution is -2.42. The van der Waals surface area contributed by atoms with Gasteiger partial charge in [-0.15, -0.1) is 11.8 Å². The van der Waals surface area contributed by atoms with E-state index in [1.54, 1.807) is 11.8 Å². The van der Waals surface area contributed by atoms with Gasteiger partial charge in [0.15, 0.2) is 6.04 Å². The van der Waals surface area contributed by atoms with Crippen molar-refractivity contribution in [3.63, 3.8) is 0 Å². The molecule has 0 saturated carbocycles. The largest absolute Gasteiger partial charge is 0.480 e. The second-order valence-electron chi connectivity index (χ2n) is 3.42. The number of nitrogens with one attached hydrogen (secondary N) is 1. The third-order valence-corrected chi connectivity index (χ3v) is 3.41. The summed E-state index contributed by atoms with van der Waals surface area (Å²) in [5.74, 6) is 0.498. The van der Waals surface area contributed by atoms with Gasteiger partial charge >= 0.3 is 5.97 Å². The summed E-state index contributed by atoms with van der Waals surface area (Å²) < 4.78 is 0. The third kappa shape index (κ3) is 2.03. The summed E-state index contributed by atoms with van der Waals surface area (Å²) in [5, 5.41) is 12.9. The molecule has 2 rings (SSSR count). The van der Waals surface area contributed by atoms with Crippen LogP contribution in [-0.4, -0.2) is 41.0 Å². The molecule has 0 aromatic heterocycles. The van der Waals surface area contributed by atoms with Gasteiger partial charge in [-0.05, 0) is 19.0 Å². The normalized spacial score (nSPS) is 28.3. The Bertz CT molecular complexity index is 251. The molecule has 1 unspecified atom stereocenters. The zero-order chi connectivity index (χ0) is 9.26. The predicted octanol–water partition coefficient (Wildman–Crippen LogP) is 0.194. The average molecular weight is 200 g/mol. The van der Waals surface area contributed by atoms with E-state index in [1.165, 1.54) is 0 Å². The first-order chi connectivity index (χ1) is 6.25. The second kappa shape index (κ2) is 3.67. The highest BCUT2D eigenvalue weighted by Gasteiger charge is 2.27. The lowest BCUT2D eigenvalue weighted by Gasteiger charge is -2.26. The Kier molecular flexibility index (Phi) is 2.55. The van der Waals surface area contributed by atoms with E-state index in [1.807, 2.05) is 0 Å². The molecule has 0 amide bonds. The first kappa shape index (κ1) is 9.02. The highest BCUT2D eigenvalue weighted by Crippen LogP contribution is 2.24. The van der Waals surface area contributed by atoms with Crippen LogP contribution < -0.4 is 5.32 Å². The summed E-state index contributed by atoms with van der Waals surface area (Å²) in [7, 11) is 0. The Labute approximate surface area is 80.8 Å². The smallest absolute Gasteiger partial charge is 0.329 e. The van der Waals surface area contributed by atoms with Gasteiger partial charge < -0.3 is 10.4 Å². The molecule has 2 aliphatic rings. The number of thioether (sulfide) groups is 1. The molecule has 2 aliphatic heterocycles. The highest BCUT2D eigenvalue weighted by atomic mass is 32.2. The molecular formula is C8H12N2O2S. The maximum atomic E-state index is 10.6. The fourth-order valence-corrected chi connectivity index (χ4v) is 2.52. The molecular weight excluding hydrogens is 188 g/mol. The van der Waals surface area contributed by atoms with Gasteiger partial charge in [0.2, 0.25) is 0 Å². The monoisotopic (exact) mass is 200 g/mol. The first-order valence-corrected chi connectivity index (χ1v) is 5.37. The van der Waals surface area contributed by atoms with Crippen molar-refractivity contribution in [2.45, 2.75) is 12.5 Å². The zero-order valence-corrected chi connectivity index (χ0v) is 8.01. The molecule has 1 saturated heterocycles. The van der Waals surface area contributed by atoms with Crippen LogP contribution in [0.25, 0.3) is 0 Å². The maximum absolute atomic E-state index is 10.6. The molecule has 0 aromatic rings. The number of aliphatic carboxylic acids is 1. The maximum Gasteiger partial charge on any atom is 0.329 e. The molecule has 0 aromatic carbocycles. The lowest BCUT2D eigenvalue weighted by atomic mass is 10.0. The summed E-state index contributed by atoms with van der Waals surface area (Å²) >= 11 is 1.60. The van der Waals surface area contributed by atoms with E-state index in [0.29, 0.717) is 11.7 Å². The molecule has 0 radical (unpaired) electrons. The summed E-state index contributed by atoms with van der Waals surface area (Å²) in [4.78, 5) is 14.7. The van der Waals surface area contributed by atoms with Crippen LogP contribution in [0, 0.1) is 5.92 Å². The predicted molar refractivity (Wildman–Crippen MR) is 52.3 cm³/mol. The van der Waals surface area contributed by atoms with Gasteiger partial charge in [0.05, 0.1) is 5.04 Å². The number of nitrogens with zero attached hydrogens (tertiary/aromatic N) is 1. The SMILES string of the molecule is O=C(O)C1CSC(CC2CNC2)=N1. The molecule has 2 N–H and O–H groups in total. The van der Waals surface area contributed by atoms with Crippen molar-refractivity contribution < 1.29 is 9.90 Å². The van der Waals surface area contributed by atoms with Crippen molar-refractivity contribution in [3.8, 4) is 0 Å². The molecule has 0 bridgehead atoms. The van der Waals surface area contributed by atoms with Crippen LogP contribution in [-0.2, 0) is 4.79 Å². The van der Waals surface area contributed by atoms with Crippen molar-refractivity contribution in [3.05, 3.63) is 0 Å². The van der Waals surface area contributed by atoms with Crippen LogP contribution in [0.15, 0.2) is 4.99 Å². The molecule has 72 valence electrons. The molecule has 2 heterocycles. The van der Waals surface area contributed by atoms with Crippen molar-refractivity contribution in [2.75, 3.05) is 18.8 Å². The first-order valence-electron chi connectivity index (χ1n) is 4.38. The number of rotatable bonds is 3. The highest BCUT2D eigenvalue weighted by molar-refractivity contribution is 8.14. The van der Waals surface area contributed by atoms with Gasteiger partial charge in [-0.1, -0.05) is 0 Å². The fourth-order valence-electron chi connectivity index (χ4n) is 1.40. The number of hydrogen-bond donors (Lipinski definition) is 2. The molecule has 1 fully saturated rings. The molecule has 5 heteroatoms. The van der Waals surface area contributed by atoms with E-state index >= 15 is 0 Å². The Hall–Kier alpha value is -0.550. The Balaban J connectivity index is 1.86. The van der Waals surface area contributed by atoms with Crippen molar-refractivity contribution >= 4 is 22.8 Å². The summed E-state index contributed by atoms with van der Waals surface area (Å²) in [5.41, 5.74) is 0. The minimum Gasteiger partial charge on any atom is -0.480 e. The van der Waals surface area contributed by atoms with E-state index in [9.17, 15) is 4.79 Å². The van der Waals surface area contributed by atoms with Crippen LogP contribution in [0.2, 0.25) is 0 Å². The second-order valence-corrected chi connectivity index (χ2v) is 4.51. The Morgan fingerprint density at radius 2 is 2.46 bits per heavy atom. The van der Waals surface area contributed by atoms with E-state index in [4.69, 9.17) is 5.11 Å². The standard InChI is InChI=1S/C8H12N2O2S/c11-8(12)6-4-13-7(10-6)1-5-2-9-3-5/h5-6,9H,1-4H2,(H,11,12). The van der Waals surface area contributed by atoms with Gasteiger partial charge in [-0.2, -0.15) is 0 Å². The minimum absolute atomic E-state index is 0.493. The molecule has 13 heavy (non-hydrogen) atoms. The number of carbonyl (C=O) groups is 1. The third-order valence-electron chi connectivity index (χ3n) is 2.32. The van der Waals surface area contributed by atoms with Crippen molar-refractivity contribution in [1.29, 1.82) is 0 Å². The van der Waals surface area contributed by atoms with Crippen LogP contribution in [0.1, 0.15) is 6.42 Å². The van der Waals surface area contributed by atoms with Crippen LogP contribution in [0.4, 0.5) is 0 Å². The van der Waals surface area contributed by atoms with E-state index in [0.717, 1.165) is 24.6 Å². The van der Waals surface area contributed by atoms with Gasteiger partial charge in [0, 0.05) is 12.2 Å². The quantitative estimate of drug-likeness (QED) is 0.683. The fraction of sp³-hybridized carbons (Fsp3) is 0.750. The van der Waals surface area contributed by atoms with E-state index in [2.05, 4.69) is 10.3 Å².